The average Bonchev–Trinajstić information content (AvgIpc) is 3.91. The fourth-order valence-corrected chi connectivity index (χ4v) is 9.85. The van der Waals surface area contributed by atoms with Gasteiger partial charge in [0.25, 0.3) is 0 Å². The molecule has 0 saturated heterocycles. The fourth-order valence-electron chi connectivity index (χ4n) is 8.61. The molecule has 280 valence electrons. The third-order valence-corrected chi connectivity index (χ3v) is 12.8. The minimum atomic E-state index is 0.680. The summed E-state index contributed by atoms with van der Waals surface area (Å²) < 4.78 is 9.24. The van der Waals surface area contributed by atoms with Crippen LogP contribution in [0.25, 0.3) is 120 Å². The Morgan fingerprint density at radius 1 is 0.383 bits per heavy atom. The van der Waals surface area contributed by atoms with Crippen molar-refractivity contribution < 1.29 is 4.42 Å². The lowest BCUT2D eigenvalue weighted by Crippen LogP contribution is -1.96. The molecule has 0 aliphatic carbocycles. The van der Waals surface area contributed by atoms with Crippen LogP contribution in [0.5, 0.6) is 0 Å². The molecule has 60 heavy (non-hydrogen) atoms. The molecule has 5 heteroatoms. The first-order valence-electron chi connectivity index (χ1n) is 20.1. The second-order valence-electron chi connectivity index (χ2n) is 15.1. The third kappa shape index (κ3) is 5.70. The number of benzene rings is 8. The summed E-state index contributed by atoms with van der Waals surface area (Å²) in [6.07, 6.45) is 0. The monoisotopic (exact) mass is 783 g/mol. The van der Waals surface area contributed by atoms with Crippen LogP contribution in [0.2, 0.25) is 0 Å². The molecule has 4 aromatic heterocycles. The first-order chi connectivity index (χ1) is 29.7. The molecule has 0 aliphatic heterocycles. The van der Waals surface area contributed by atoms with Gasteiger partial charge in [0.05, 0.1) is 16.9 Å². The first-order valence-corrected chi connectivity index (χ1v) is 20.9. The van der Waals surface area contributed by atoms with E-state index >= 15 is 0 Å². The summed E-state index contributed by atoms with van der Waals surface area (Å²) in [6, 6.07) is 70.1. The zero-order valence-corrected chi connectivity index (χ0v) is 33.0. The highest BCUT2D eigenvalue weighted by atomic mass is 32.1. The van der Waals surface area contributed by atoms with Crippen LogP contribution in [-0.4, -0.2) is 15.0 Å². The Hall–Kier alpha value is -7.73. The van der Waals surface area contributed by atoms with Crippen LogP contribution in [0.3, 0.4) is 0 Å². The number of furan rings is 1. The summed E-state index contributed by atoms with van der Waals surface area (Å²) in [5, 5.41) is 5.83. The summed E-state index contributed by atoms with van der Waals surface area (Å²) in [5.41, 5.74) is 13.7. The Morgan fingerprint density at radius 2 is 0.933 bits per heavy atom. The molecular weight excluding hydrogens is 751 g/mol. The van der Waals surface area contributed by atoms with E-state index in [4.69, 9.17) is 19.4 Å². The molecule has 12 aromatic rings. The second-order valence-corrected chi connectivity index (χ2v) is 16.1. The Morgan fingerprint density at radius 3 is 1.67 bits per heavy atom. The molecule has 0 spiro atoms. The minimum Gasteiger partial charge on any atom is -0.454 e. The van der Waals surface area contributed by atoms with E-state index in [1.165, 1.54) is 31.3 Å². The van der Waals surface area contributed by atoms with E-state index in [1.54, 1.807) is 0 Å². The molecule has 0 fully saturated rings. The molecule has 0 amide bonds. The largest absolute Gasteiger partial charge is 0.454 e. The van der Waals surface area contributed by atoms with E-state index in [-0.39, 0.29) is 0 Å². The number of para-hydroxylation sites is 2. The number of aromatic nitrogens is 3. The highest BCUT2D eigenvalue weighted by Gasteiger charge is 2.20. The number of thiophene rings is 1. The SMILES string of the molecule is c1ccc(-c2nc(-c3ccc(-c4nc5c(-c6ccccc6)cccc5c5c4oc4ccccc45)cc3)cc(-c3ccc(-c4cccc5c4sc4ccccc45)cc3)n2)cc1. The molecular formula is C55H33N3OS. The molecule has 0 aliphatic rings. The lowest BCUT2D eigenvalue weighted by atomic mass is 9.97. The van der Waals surface area contributed by atoms with Crippen LogP contribution in [0.15, 0.2) is 205 Å². The van der Waals surface area contributed by atoms with Gasteiger partial charge in [0.1, 0.15) is 11.3 Å². The number of hydrogen-bond acceptors (Lipinski definition) is 5. The molecule has 0 bridgehead atoms. The third-order valence-electron chi connectivity index (χ3n) is 11.5. The maximum atomic E-state index is 6.62. The Labute approximate surface area is 349 Å². The minimum absolute atomic E-state index is 0.680. The lowest BCUT2D eigenvalue weighted by molar-refractivity contribution is 0.669. The van der Waals surface area contributed by atoms with Gasteiger partial charge in [-0.3, -0.25) is 0 Å². The molecule has 0 atom stereocenters. The summed E-state index contributed by atoms with van der Waals surface area (Å²) >= 11 is 1.85. The topological polar surface area (TPSA) is 51.8 Å². The van der Waals surface area contributed by atoms with E-state index < -0.39 is 0 Å². The predicted molar refractivity (Wildman–Crippen MR) is 250 cm³/mol. The molecule has 0 radical (unpaired) electrons. The van der Waals surface area contributed by atoms with Crippen molar-refractivity contribution in [2.24, 2.45) is 0 Å². The molecule has 12 rings (SSSR count). The first kappa shape index (κ1) is 34.3. The lowest BCUT2D eigenvalue weighted by Gasteiger charge is -2.12. The van der Waals surface area contributed by atoms with Gasteiger partial charge in [0.2, 0.25) is 0 Å². The van der Waals surface area contributed by atoms with E-state index in [2.05, 4.69) is 164 Å². The van der Waals surface area contributed by atoms with Gasteiger partial charge in [-0.1, -0.05) is 182 Å². The molecule has 0 unspecified atom stereocenters. The zero-order chi connectivity index (χ0) is 39.6. The quantitative estimate of drug-likeness (QED) is 0.169. The van der Waals surface area contributed by atoms with Crippen molar-refractivity contribution in [3.05, 3.63) is 200 Å². The Bertz CT molecular complexity index is 3570. The zero-order valence-electron chi connectivity index (χ0n) is 32.2. The predicted octanol–water partition coefficient (Wildman–Crippen LogP) is 15.3. The average molecular weight is 784 g/mol. The van der Waals surface area contributed by atoms with E-state index in [1.807, 2.05) is 47.7 Å². The molecule has 0 saturated carbocycles. The van der Waals surface area contributed by atoms with Crippen molar-refractivity contribution in [1.29, 1.82) is 0 Å². The van der Waals surface area contributed by atoms with Crippen molar-refractivity contribution >= 4 is 64.4 Å². The highest BCUT2D eigenvalue weighted by molar-refractivity contribution is 7.26. The van der Waals surface area contributed by atoms with E-state index in [0.29, 0.717) is 5.82 Å². The fraction of sp³-hybridized carbons (Fsp3) is 0. The maximum Gasteiger partial charge on any atom is 0.162 e. The number of pyridine rings is 1. The van der Waals surface area contributed by atoms with Gasteiger partial charge in [-0.2, -0.15) is 0 Å². The maximum absolute atomic E-state index is 6.62. The van der Waals surface area contributed by atoms with Gasteiger partial charge in [-0.25, -0.2) is 15.0 Å². The van der Waals surface area contributed by atoms with E-state index in [9.17, 15) is 0 Å². The van der Waals surface area contributed by atoms with Crippen molar-refractivity contribution in [3.63, 3.8) is 0 Å². The number of hydrogen-bond donors (Lipinski definition) is 0. The van der Waals surface area contributed by atoms with Gasteiger partial charge >= 0.3 is 0 Å². The number of fused-ring (bicyclic) bond motifs is 8. The summed E-state index contributed by atoms with van der Waals surface area (Å²) in [4.78, 5) is 15.7. The Kier molecular flexibility index (Phi) is 8.00. The van der Waals surface area contributed by atoms with Gasteiger partial charge in [-0.05, 0) is 34.9 Å². The van der Waals surface area contributed by atoms with Gasteiger partial charge < -0.3 is 4.42 Å². The standard InChI is InChI=1S/C55H33N3OS/c1-3-13-34(14-4-1)40-19-11-22-45-50-44-18-7-9-23-48(44)59-53(50)51(58-52(40)45)38-31-29-37(30-32-38)47-33-46(56-55(57-47)39-15-5-2-6-16-39)36-27-25-35(26-28-36)41-20-12-21-43-42-17-8-10-24-49(42)60-54(41)43/h1-33H. The highest BCUT2D eigenvalue weighted by Crippen LogP contribution is 2.43. The molecule has 8 aromatic carbocycles. The van der Waals surface area contributed by atoms with Crippen LogP contribution in [0, 0.1) is 0 Å². The van der Waals surface area contributed by atoms with Crippen molar-refractivity contribution in [1.82, 2.24) is 15.0 Å². The van der Waals surface area contributed by atoms with Gasteiger partial charge in [-0.15, -0.1) is 11.3 Å². The summed E-state index contributed by atoms with van der Waals surface area (Å²) in [6.45, 7) is 0. The molecule has 4 nitrogen and oxygen atoms in total. The van der Waals surface area contributed by atoms with Crippen molar-refractivity contribution in [3.8, 4) is 67.4 Å². The van der Waals surface area contributed by atoms with E-state index in [0.717, 1.165) is 83.3 Å². The smallest absolute Gasteiger partial charge is 0.162 e. The molecule has 0 N–H and O–H groups in total. The van der Waals surface area contributed by atoms with Crippen LogP contribution >= 0.6 is 11.3 Å². The summed E-state index contributed by atoms with van der Waals surface area (Å²) in [7, 11) is 0. The second kappa shape index (κ2) is 14.0. The molecule has 4 heterocycles. The van der Waals surface area contributed by atoms with Crippen molar-refractivity contribution in [2.75, 3.05) is 0 Å². The normalized spacial score (nSPS) is 11.7. The van der Waals surface area contributed by atoms with Crippen molar-refractivity contribution in [2.45, 2.75) is 0 Å². The van der Waals surface area contributed by atoms with Crippen LogP contribution in [-0.2, 0) is 0 Å². The summed E-state index contributed by atoms with van der Waals surface area (Å²) in [5.74, 6) is 0.680. The Balaban J connectivity index is 0.967. The van der Waals surface area contributed by atoms with Crippen LogP contribution in [0.1, 0.15) is 0 Å². The van der Waals surface area contributed by atoms with Gasteiger partial charge in [0.15, 0.2) is 11.4 Å². The number of rotatable bonds is 6. The van der Waals surface area contributed by atoms with Crippen LogP contribution in [0.4, 0.5) is 0 Å². The number of nitrogens with zero attached hydrogens (tertiary/aromatic N) is 3. The van der Waals surface area contributed by atoms with Crippen LogP contribution < -0.4 is 0 Å². The van der Waals surface area contributed by atoms with Gasteiger partial charge in [0, 0.05) is 64.1 Å².